The Labute approximate surface area is 111 Å². The van der Waals surface area contributed by atoms with Crippen LogP contribution in [-0.2, 0) is 6.54 Å². The van der Waals surface area contributed by atoms with E-state index >= 15 is 0 Å². The minimum Gasteiger partial charge on any atom is -0.334 e. The average Bonchev–Trinajstić information content (AvgIpc) is 2.78. The molecule has 1 aromatic carbocycles. The molecule has 0 atom stereocenters. The first-order valence-electron chi connectivity index (χ1n) is 5.89. The molecule has 1 aromatic heterocycles. The van der Waals surface area contributed by atoms with Crippen LogP contribution in [0.3, 0.4) is 0 Å². The van der Waals surface area contributed by atoms with Crippen LogP contribution < -0.4 is 5.32 Å². The summed E-state index contributed by atoms with van der Waals surface area (Å²) in [4.78, 5) is 4.36. The van der Waals surface area contributed by atoms with Gasteiger partial charge in [0.05, 0.1) is 6.54 Å². The summed E-state index contributed by atoms with van der Waals surface area (Å²) >= 11 is 6.07. The molecule has 1 N–H and O–H groups in total. The van der Waals surface area contributed by atoms with E-state index in [1.165, 1.54) is 0 Å². The number of benzene rings is 1. The van der Waals surface area contributed by atoms with Crippen LogP contribution in [0, 0.1) is 6.92 Å². The van der Waals surface area contributed by atoms with Crippen LogP contribution in [0.2, 0.25) is 5.02 Å². The summed E-state index contributed by atoms with van der Waals surface area (Å²) in [6, 6.07) is 6.03. The molecule has 0 amide bonds. The maximum Gasteiger partial charge on any atom is 0.258 e. The van der Waals surface area contributed by atoms with Gasteiger partial charge in [-0.2, -0.15) is 4.98 Å². The van der Waals surface area contributed by atoms with Gasteiger partial charge in [-0.15, -0.1) is 0 Å². The fraction of sp³-hybridized carbons (Fsp3) is 0.385. The summed E-state index contributed by atoms with van der Waals surface area (Å²) in [6.45, 7) is 6.68. The molecular formula is C13H16ClN3O. The third-order valence-corrected chi connectivity index (χ3v) is 3.04. The first kappa shape index (κ1) is 13.1. The van der Waals surface area contributed by atoms with Gasteiger partial charge < -0.3 is 9.84 Å². The number of hydrogen-bond acceptors (Lipinski definition) is 4. The SMILES string of the molecule is Cc1c(Cl)cccc1-c1nc(CNC(C)C)no1. The maximum absolute atomic E-state index is 6.07. The fourth-order valence-corrected chi connectivity index (χ4v) is 1.74. The molecule has 96 valence electrons. The molecule has 2 aromatic rings. The van der Waals surface area contributed by atoms with Gasteiger partial charge in [-0.3, -0.25) is 0 Å². The Hall–Kier alpha value is -1.39. The summed E-state index contributed by atoms with van der Waals surface area (Å²) in [7, 11) is 0. The minimum atomic E-state index is 0.389. The van der Waals surface area contributed by atoms with Crippen molar-refractivity contribution in [3.8, 4) is 11.5 Å². The van der Waals surface area contributed by atoms with Crippen molar-refractivity contribution in [1.29, 1.82) is 0 Å². The minimum absolute atomic E-state index is 0.389. The topological polar surface area (TPSA) is 51.0 Å². The highest BCUT2D eigenvalue weighted by atomic mass is 35.5. The van der Waals surface area contributed by atoms with E-state index in [0.29, 0.717) is 29.3 Å². The van der Waals surface area contributed by atoms with Gasteiger partial charge >= 0.3 is 0 Å². The van der Waals surface area contributed by atoms with Crippen molar-refractivity contribution in [2.75, 3.05) is 0 Å². The second-order valence-electron chi connectivity index (χ2n) is 4.46. The van der Waals surface area contributed by atoms with Crippen molar-refractivity contribution in [3.05, 3.63) is 34.6 Å². The highest BCUT2D eigenvalue weighted by molar-refractivity contribution is 6.31. The van der Waals surface area contributed by atoms with Crippen LogP contribution in [0.25, 0.3) is 11.5 Å². The van der Waals surface area contributed by atoms with Crippen molar-refractivity contribution in [2.24, 2.45) is 0 Å². The Bertz CT molecular complexity index is 537. The average molecular weight is 266 g/mol. The summed E-state index contributed by atoms with van der Waals surface area (Å²) < 4.78 is 5.26. The Morgan fingerprint density at radius 1 is 1.39 bits per heavy atom. The predicted octanol–water partition coefficient (Wildman–Crippen LogP) is 3.20. The van der Waals surface area contributed by atoms with Gasteiger partial charge in [0.15, 0.2) is 5.82 Å². The first-order valence-corrected chi connectivity index (χ1v) is 6.27. The monoisotopic (exact) mass is 265 g/mol. The zero-order valence-electron chi connectivity index (χ0n) is 10.7. The van der Waals surface area contributed by atoms with E-state index in [-0.39, 0.29) is 0 Å². The lowest BCUT2D eigenvalue weighted by Crippen LogP contribution is -2.22. The summed E-state index contributed by atoms with van der Waals surface area (Å²) in [5, 5.41) is 7.89. The molecule has 0 aliphatic heterocycles. The largest absolute Gasteiger partial charge is 0.334 e. The van der Waals surface area contributed by atoms with Crippen LogP contribution in [0.15, 0.2) is 22.7 Å². The van der Waals surface area contributed by atoms with Crippen LogP contribution in [-0.4, -0.2) is 16.2 Å². The second kappa shape index (κ2) is 5.50. The van der Waals surface area contributed by atoms with Crippen molar-refractivity contribution in [3.63, 3.8) is 0 Å². The third-order valence-electron chi connectivity index (χ3n) is 2.63. The zero-order chi connectivity index (χ0) is 13.1. The number of nitrogens with one attached hydrogen (secondary N) is 1. The zero-order valence-corrected chi connectivity index (χ0v) is 11.5. The van der Waals surface area contributed by atoms with Crippen molar-refractivity contribution >= 4 is 11.6 Å². The third kappa shape index (κ3) is 2.89. The van der Waals surface area contributed by atoms with Gasteiger partial charge in [0.1, 0.15) is 0 Å². The molecule has 0 saturated carbocycles. The lowest BCUT2D eigenvalue weighted by molar-refractivity contribution is 0.417. The molecule has 4 nitrogen and oxygen atoms in total. The molecule has 1 heterocycles. The second-order valence-corrected chi connectivity index (χ2v) is 4.87. The molecule has 0 fully saturated rings. The standard InChI is InChI=1S/C13H16ClN3O/c1-8(2)15-7-12-16-13(18-17-12)10-5-4-6-11(14)9(10)3/h4-6,8,15H,7H2,1-3H3. The summed E-state index contributed by atoms with van der Waals surface area (Å²) in [5.74, 6) is 1.16. The van der Waals surface area contributed by atoms with E-state index in [4.69, 9.17) is 16.1 Å². The molecule has 0 aliphatic carbocycles. The first-order chi connectivity index (χ1) is 8.58. The van der Waals surface area contributed by atoms with E-state index < -0.39 is 0 Å². The molecular weight excluding hydrogens is 250 g/mol. The van der Waals surface area contributed by atoms with E-state index in [1.54, 1.807) is 0 Å². The molecule has 0 radical (unpaired) electrons. The molecule has 2 rings (SSSR count). The maximum atomic E-state index is 6.07. The molecule has 0 unspecified atom stereocenters. The molecule has 18 heavy (non-hydrogen) atoms. The normalized spacial score (nSPS) is 11.2. The fourth-order valence-electron chi connectivity index (χ4n) is 1.57. The van der Waals surface area contributed by atoms with Crippen molar-refractivity contribution in [2.45, 2.75) is 33.4 Å². The number of aromatic nitrogens is 2. The van der Waals surface area contributed by atoms with Crippen LogP contribution in [0.4, 0.5) is 0 Å². The van der Waals surface area contributed by atoms with Gasteiger partial charge in [-0.1, -0.05) is 36.7 Å². The molecule has 0 aliphatic rings. The number of rotatable bonds is 4. The van der Waals surface area contributed by atoms with E-state index in [2.05, 4.69) is 29.3 Å². The molecule has 0 saturated heterocycles. The van der Waals surface area contributed by atoms with Gasteiger partial charge in [0.25, 0.3) is 5.89 Å². The van der Waals surface area contributed by atoms with E-state index in [9.17, 15) is 0 Å². The highest BCUT2D eigenvalue weighted by Crippen LogP contribution is 2.26. The number of hydrogen-bond donors (Lipinski definition) is 1. The number of nitrogens with zero attached hydrogens (tertiary/aromatic N) is 2. The summed E-state index contributed by atoms with van der Waals surface area (Å²) in [6.07, 6.45) is 0. The quantitative estimate of drug-likeness (QED) is 0.922. The van der Waals surface area contributed by atoms with Gasteiger partial charge in [-0.05, 0) is 24.6 Å². The molecule has 5 heteroatoms. The lowest BCUT2D eigenvalue weighted by atomic mass is 10.1. The van der Waals surface area contributed by atoms with Crippen LogP contribution in [0.1, 0.15) is 25.2 Å². The Balaban J connectivity index is 2.21. The molecule has 0 spiro atoms. The Morgan fingerprint density at radius 2 is 2.17 bits per heavy atom. The lowest BCUT2D eigenvalue weighted by Gasteiger charge is -2.03. The Kier molecular flexibility index (Phi) is 3.99. The van der Waals surface area contributed by atoms with Gasteiger partial charge in [-0.25, -0.2) is 0 Å². The van der Waals surface area contributed by atoms with Gasteiger partial charge in [0, 0.05) is 16.6 Å². The molecule has 0 bridgehead atoms. The van der Waals surface area contributed by atoms with Crippen molar-refractivity contribution in [1.82, 2.24) is 15.5 Å². The van der Waals surface area contributed by atoms with Gasteiger partial charge in [0.2, 0.25) is 0 Å². The van der Waals surface area contributed by atoms with E-state index in [0.717, 1.165) is 11.1 Å². The predicted molar refractivity (Wildman–Crippen MR) is 71.5 cm³/mol. The highest BCUT2D eigenvalue weighted by Gasteiger charge is 2.12. The van der Waals surface area contributed by atoms with Crippen LogP contribution in [0.5, 0.6) is 0 Å². The van der Waals surface area contributed by atoms with Crippen molar-refractivity contribution < 1.29 is 4.52 Å². The summed E-state index contributed by atoms with van der Waals surface area (Å²) in [5.41, 5.74) is 1.83. The van der Waals surface area contributed by atoms with Crippen LogP contribution >= 0.6 is 11.6 Å². The van der Waals surface area contributed by atoms with E-state index in [1.807, 2.05) is 25.1 Å². The number of halogens is 1. The smallest absolute Gasteiger partial charge is 0.258 e. The Morgan fingerprint density at radius 3 is 2.89 bits per heavy atom.